The monoisotopic (exact) mass is 385 g/mol. The molecule has 0 radical (unpaired) electrons. The Labute approximate surface area is 162 Å². The van der Waals surface area contributed by atoms with Gasteiger partial charge in [0.25, 0.3) is 0 Å². The first-order chi connectivity index (χ1) is 13.5. The first-order valence-corrected chi connectivity index (χ1v) is 9.64. The number of amides is 1. The van der Waals surface area contributed by atoms with Crippen molar-refractivity contribution < 1.29 is 28.9 Å². The van der Waals surface area contributed by atoms with Crippen molar-refractivity contribution in [3.8, 4) is 11.5 Å². The number of piperidine rings is 1. The molecule has 2 aliphatic carbocycles. The van der Waals surface area contributed by atoms with E-state index in [2.05, 4.69) is 6.58 Å². The van der Waals surface area contributed by atoms with Crippen molar-refractivity contribution in [2.75, 3.05) is 20.3 Å². The molecule has 4 aliphatic rings. The normalized spacial score (nSPS) is 34.4. The minimum absolute atomic E-state index is 0.00258. The van der Waals surface area contributed by atoms with Crippen LogP contribution in [0.4, 0.5) is 4.79 Å². The smallest absolute Gasteiger partial charge is 0.410 e. The Bertz CT molecular complexity index is 897. The van der Waals surface area contributed by atoms with Gasteiger partial charge >= 0.3 is 6.09 Å². The van der Waals surface area contributed by atoms with Crippen LogP contribution in [0, 0.1) is 0 Å². The minimum Gasteiger partial charge on any atom is -0.493 e. The second-order valence-corrected chi connectivity index (χ2v) is 8.02. The molecule has 0 aromatic heterocycles. The highest BCUT2D eigenvalue weighted by atomic mass is 16.6. The predicted octanol–water partition coefficient (Wildman–Crippen LogP) is 1.74. The fourth-order valence-corrected chi connectivity index (χ4v) is 5.91. The second-order valence-electron chi connectivity index (χ2n) is 8.02. The van der Waals surface area contributed by atoms with Crippen LogP contribution in [0.25, 0.3) is 0 Å². The molecule has 7 heteroatoms. The number of ether oxygens (including phenoxy) is 3. The fraction of sp³-hybridized carbons (Fsp3) is 0.524. The van der Waals surface area contributed by atoms with Crippen LogP contribution in [0.5, 0.6) is 11.5 Å². The molecule has 4 atom stereocenters. The Morgan fingerprint density at radius 3 is 3.04 bits per heavy atom. The molecule has 1 aromatic carbocycles. The number of nitrogens with zero attached hydrogens (tertiary/aromatic N) is 1. The predicted molar refractivity (Wildman–Crippen MR) is 98.6 cm³/mol. The fourth-order valence-electron chi connectivity index (χ4n) is 5.91. The Hall–Kier alpha value is -2.54. The van der Waals surface area contributed by atoms with Crippen LogP contribution in [0.2, 0.25) is 0 Å². The lowest BCUT2D eigenvalue weighted by Crippen LogP contribution is -2.77. The molecule has 1 spiro atoms. The van der Waals surface area contributed by atoms with Crippen molar-refractivity contribution in [1.29, 1.82) is 0 Å². The largest absolute Gasteiger partial charge is 0.493 e. The van der Waals surface area contributed by atoms with Crippen LogP contribution in [-0.4, -0.2) is 59.9 Å². The summed E-state index contributed by atoms with van der Waals surface area (Å²) in [4.78, 5) is 27.1. The summed E-state index contributed by atoms with van der Waals surface area (Å²) in [6.07, 6.45) is 1.76. The molecule has 2 aliphatic heterocycles. The number of carbonyl (C=O) groups excluding carboxylic acids is 2. The summed E-state index contributed by atoms with van der Waals surface area (Å²) in [7, 11) is 1.57. The van der Waals surface area contributed by atoms with Gasteiger partial charge in [-0.25, -0.2) is 4.79 Å². The van der Waals surface area contributed by atoms with E-state index >= 15 is 0 Å². The van der Waals surface area contributed by atoms with Gasteiger partial charge in [0, 0.05) is 18.5 Å². The molecule has 28 heavy (non-hydrogen) atoms. The standard InChI is InChI=1S/C21H23NO6/c1-3-10-27-19(24)22-9-8-20-16-12-4-5-14(26-2)17(16)28-18(20)13(23)6-7-21(20,25)15(22)11-12/h3-5,15,18,25H,1,6-11H2,2H3/t15-,18+,20?,21-/m1/s1. The molecule has 7 nitrogen and oxygen atoms in total. The van der Waals surface area contributed by atoms with E-state index in [1.54, 1.807) is 12.0 Å². The molecule has 1 saturated heterocycles. The molecule has 1 aromatic rings. The van der Waals surface area contributed by atoms with Gasteiger partial charge < -0.3 is 24.2 Å². The first kappa shape index (κ1) is 17.6. The Morgan fingerprint density at radius 1 is 1.46 bits per heavy atom. The number of Topliss-reactive ketones (excluding diaryl/α,β-unsaturated/α-hetero) is 1. The molecule has 2 bridgehead atoms. The third kappa shape index (κ3) is 1.87. The maximum absolute atomic E-state index is 12.8. The van der Waals surface area contributed by atoms with Crippen LogP contribution >= 0.6 is 0 Å². The van der Waals surface area contributed by atoms with Crippen molar-refractivity contribution in [2.45, 2.75) is 48.8 Å². The molecular formula is C21H23NO6. The average Bonchev–Trinajstić information content (AvgIpc) is 3.04. The van der Waals surface area contributed by atoms with E-state index in [0.717, 1.165) is 11.1 Å². The zero-order chi connectivity index (χ0) is 19.7. The summed E-state index contributed by atoms with van der Waals surface area (Å²) in [6.45, 7) is 4.09. The molecule has 1 saturated carbocycles. The third-order valence-electron chi connectivity index (χ3n) is 7.02. The molecule has 148 valence electrons. The van der Waals surface area contributed by atoms with Gasteiger partial charge in [0.05, 0.1) is 24.2 Å². The zero-order valence-corrected chi connectivity index (χ0v) is 15.8. The number of hydrogen-bond acceptors (Lipinski definition) is 6. The number of likely N-dealkylation sites (tertiary alicyclic amines) is 1. The molecule has 1 N–H and O–H groups in total. The Kier molecular flexibility index (Phi) is 3.59. The maximum Gasteiger partial charge on any atom is 0.410 e. The quantitative estimate of drug-likeness (QED) is 0.798. The number of rotatable bonds is 3. The summed E-state index contributed by atoms with van der Waals surface area (Å²) in [5.41, 5.74) is -0.215. The maximum atomic E-state index is 12.8. The lowest BCUT2D eigenvalue weighted by molar-refractivity contribution is -0.183. The highest BCUT2D eigenvalue weighted by Crippen LogP contribution is 2.64. The highest BCUT2D eigenvalue weighted by molar-refractivity contribution is 5.90. The van der Waals surface area contributed by atoms with Gasteiger partial charge in [-0.3, -0.25) is 4.79 Å². The molecule has 2 heterocycles. The van der Waals surface area contributed by atoms with E-state index < -0.39 is 29.3 Å². The van der Waals surface area contributed by atoms with E-state index in [1.807, 2.05) is 12.1 Å². The summed E-state index contributed by atoms with van der Waals surface area (Å²) < 4.78 is 16.9. The zero-order valence-electron chi connectivity index (χ0n) is 15.8. The number of hydrogen-bond donors (Lipinski definition) is 1. The number of methoxy groups -OCH3 is 1. The summed E-state index contributed by atoms with van der Waals surface area (Å²) in [5.74, 6) is 1.14. The van der Waals surface area contributed by atoms with Gasteiger partial charge in [-0.2, -0.15) is 0 Å². The summed E-state index contributed by atoms with van der Waals surface area (Å²) in [5, 5.41) is 12.0. The van der Waals surface area contributed by atoms with Crippen molar-refractivity contribution in [2.24, 2.45) is 0 Å². The van der Waals surface area contributed by atoms with Crippen LogP contribution in [0.1, 0.15) is 30.4 Å². The van der Waals surface area contributed by atoms with Gasteiger partial charge in [0.2, 0.25) is 0 Å². The summed E-state index contributed by atoms with van der Waals surface area (Å²) >= 11 is 0. The van der Waals surface area contributed by atoms with Gasteiger partial charge in [0.1, 0.15) is 6.61 Å². The average molecular weight is 385 g/mol. The van der Waals surface area contributed by atoms with Gasteiger partial charge in [-0.1, -0.05) is 18.7 Å². The molecule has 5 rings (SSSR count). The van der Waals surface area contributed by atoms with Crippen molar-refractivity contribution in [3.05, 3.63) is 35.9 Å². The van der Waals surface area contributed by atoms with Gasteiger partial charge in [-0.05, 0) is 30.9 Å². The van der Waals surface area contributed by atoms with Gasteiger partial charge in [-0.15, -0.1) is 0 Å². The molecule has 2 fully saturated rings. The summed E-state index contributed by atoms with van der Waals surface area (Å²) in [6, 6.07) is 3.31. The van der Waals surface area contributed by atoms with E-state index in [1.165, 1.54) is 6.08 Å². The van der Waals surface area contributed by atoms with Crippen LogP contribution in [-0.2, 0) is 21.4 Å². The Balaban J connectivity index is 1.68. The number of aliphatic hydroxyl groups is 1. The van der Waals surface area contributed by atoms with Crippen LogP contribution < -0.4 is 9.47 Å². The topological polar surface area (TPSA) is 85.3 Å². The van der Waals surface area contributed by atoms with E-state index in [0.29, 0.717) is 37.3 Å². The lowest BCUT2D eigenvalue weighted by Gasteiger charge is -2.61. The van der Waals surface area contributed by atoms with E-state index in [9.17, 15) is 14.7 Å². The SMILES string of the molecule is C=CCOC(=O)N1CCC23c4c5ccc(OC)c4O[C@H]2C(=O)CC[C@@]3(O)[C@H]1C5. The van der Waals surface area contributed by atoms with Gasteiger partial charge in [0.15, 0.2) is 23.4 Å². The highest BCUT2D eigenvalue weighted by Gasteiger charge is 2.73. The number of benzene rings is 1. The van der Waals surface area contributed by atoms with E-state index in [4.69, 9.17) is 14.2 Å². The van der Waals surface area contributed by atoms with E-state index in [-0.39, 0.29) is 18.8 Å². The molecule has 1 amide bonds. The van der Waals surface area contributed by atoms with Crippen molar-refractivity contribution in [1.82, 2.24) is 4.90 Å². The second kappa shape index (κ2) is 5.73. The Morgan fingerprint density at radius 2 is 2.29 bits per heavy atom. The van der Waals surface area contributed by atoms with Crippen molar-refractivity contribution in [3.63, 3.8) is 0 Å². The van der Waals surface area contributed by atoms with Crippen LogP contribution in [0.3, 0.4) is 0 Å². The molecular weight excluding hydrogens is 362 g/mol. The van der Waals surface area contributed by atoms with Crippen molar-refractivity contribution >= 4 is 11.9 Å². The lowest BCUT2D eigenvalue weighted by atomic mass is 9.49. The first-order valence-electron chi connectivity index (χ1n) is 9.64. The third-order valence-corrected chi connectivity index (χ3v) is 7.02. The number of ketones is 1. The molecule has 1 unspecified atom stereocenters. The minimum atomic E-state index is -1.25. The number of carbonyl (C=O) groups is 2. The van der Waals surface area contributed by atoms with Crippen LogP contribution in [0.15, 0.2) is 24.8 Å².